The fraction of sp³-hybridized carbons (Fsp3) is 0.200. The van der Waals surface area contributed by atoms with Crippen LogP contribution in [0.15, 0.2) is 103 Å². The van der Waals surface area contributed by atoms with Gasteiger partial charge < -0.3 is 9.31 Å². The quantitative estimate of drug-likeness (QED) is 0.324. The van der Waals surface area contributed by atoms with Crippen LogP contribution in [-0.4, -0.2) is 18.3 Å². The number of hydrogen-bond donors (Lipinski definition) is 0. The van der Waals surface area contributed by atoms with Crippen molar-refractivity contribution in [1.29, 1.82) is 0 Å². The molecular weight excluding hydrogens is 403 g/mol. The summed E-state index contributed by atoms with van der Waals surface area (Å²) in [7, 11) is -0.410. The van der Waals surface area contributed by atoms with E-state index in [1.807, 2.05) is 0 Å². The summed E-state index contributed by atoms with van der Waals surface area (Å²) >= 11 is 0. The van der Waals surface area contributed by atoms with E-state index in [1.165, 1.54) is 22.3 Å². The Morgan fingerprint density at radius 2 is 0.909 bits per heavy atom. The molecule has 2 nitrogen and oxygen atoms in total. The molecule has 0 atom stereocenters. The average molecular weight is 432 g/mol. The van der Waals surface area contributed by atoms with Gasteiger partial charge in [-0.05, 0) is 84.7 Å². The molecule has 0 bridgehead atoms. The average Bonchev–Trinajstić information content (AvgIpc) is 3.06. The lowest BCUT2D eigenvalue weighted by Crippen LogP contribution is -2.41. The summed E-state index contributed by atoms with van der Waals surface area (Å²) in [5.41, 5.74) is 7.35. The Bertz CT molecular complexity index is 1190. The highest BCUT2D eigenvalue weighted by Gasteiger charge is 2.52. The molecule has 1 saturated heterocycles. The smallest absolute Gasteiger partial charge is 0.399 e. The number of benzene rings is 4. The van der Waals surface area contributed by atoms with E-state index in [2.05, 4.69) is 131 Å². The Labute approximate surface area is 197 Å². The molecule has 4 aromatic carbocycles. The summed E-state index contributed by atoms with van der Waals surface area (Å²) in [5, 5.41) is 0. The van der Waals surface area contributed by atoms with Gasteiger partial charge in [0.1, 0.15) is 0 Å². The maximum Gasteiger partial charge on any atom is 0.495 e. The molecule has 33 heavy (non-hydrogen) atoms. The third-order valence-corrected chi connectivity index (χ3v) is 6.93. The minimum atomic E-state index is -0.410. The Kier molecular flexibility index (Phi) is 5.48. The van der Waals surface area contributed by atoms with Crippen molar-refractivity contribution in [2.75, 3.05) is 0 Å². The van der Waals surface area contributed by atoms with Gasteiger partial charge >= 0.3 is 7.12 Å². The second kappa shape index (κ2) is 8.33. The highest BCUT2D eigenvalue weighted by atomic mass is 16.7. The Morgan fingerprint density at radius 3 is 1.42 bits per heavy atom. The molecule has 0 aromatic heterocycles. The van der Waals surface area contributed by atoms with Crippen molar-refractivity contribution in [3.63, 3.8) is 0 Å². The monoisotopic (exact) mass is 432 g/mol. The van der Waals surface area contributed by atoms with Gasteiger partial charge in [-0.25, -0.2) is 0 Å². The molecule has 0 radical (unpaired) electrons. The van der Waals surface area contributed by atoms with Crippen LogP contribution in [0, 0.1) is 0 Å². The van der Waals surface area contributed by atoms with Crippen LogP contribution in [0.3, 0.4) is 0 Å². The van der Waals surface area contributed by atoms with E-state index in [0.717, 1.165) is 16.6 Å². The predicted octanol–water partition coefficient (Wildman–Crippen LogP) is 6.99. The van der Waals surface area contributed by atoms with Crippen molar-refractivity contribution in [3.05, 3.63) is 103 Å². The van der Waals surface area contributed by atoms with Crippen molar-refractivity contribution >= 4 is 12.6 Å². The third-order valence-electron chi connectivity index (χ3n) is 6.93. The van der Waals surface area contributed by atoms with Gasteiger partial charge in [-0.3, -0.25) is 0 Å². The molecule has 3 heteroatoms. The van der Waals surface area contributed by atoms with Crippen LogP contribution in [0.1, 0.15) is 27.7 Å². The lowest BCUT2D eigenvalue weighted by molar-refractivity contribution is 0.00578. The van der Waals surface area contributed by atoms with Gasteiger partial charge in [-0.15, -0.1) is 0 Å². The zero-order valence-electron chi connectivity index (χ0n) is 19.7. The third kappa shape index (κ3) is 4.15. The van der Waals surface area contributed by atoms with E-state index in [0.29, 0.717) is 0 Å². The molecule has 0 aliphatic carbocycles. The van der Waals surface area contributed by atoms with Gasteiger partial charge in [0.05, 0.1) is 11.2 Å². The second-order valence-corrected chi connectivity index (χ2v) is 9.71. The number of hydrogen-bond acceptors (Lipinski definition) is 2. The standard InChI is InChI=1S/C30H29BO2/c1-29(2)30(3,4)33-31(32-29)28-18-12-11-17-27(28)26-20-24(22-13-7-5-8-14-22)19-25(21-26)23-15-9-6-10-16-23/h5-21H,1-4H3. The zero-order valence-corrected chi connectivity index (χ0v) is 19.7. The minimum Gasteiger partial charge on any atom is -0.399 e. The molecule has 0 amide bonds. The highest BCUT2D eigenvalue weighted by Crippen LogP contribution is 2.38. The molecule has 1 aliphatic heterocycles. The Hall–Kier alpha value is -3.14. The maximum absolute atomic E-state index is 6.42. The van der Waals surface area contributed by atoms with Gasteiger partial charge in [0.2, 0.25) is 0 Å². The molecule has 0 N–H and O–H groups in total. The van der Waals surface area contributed by atoms with E-state index >= 15 is 0 Å². The molecule has 164 valence electrons. The SMILES string of the molecule is CC1(C)OB(c2ccccc2-c2cc(-c3ccccc3)cc(-c3ccccc3)c2)OC1(C)C. The van der Waals surface area contributed by atoms with Crippen LogP contribution < -0.4 is 5.46 Å². The van der Waals surface area contributed by atoms with Crippen molar-refractivity contribution in [2.45, 2.75) is 38.9 Å². The maximum atomic E-state index is 6.42. The predicted molar refractivity (Wildman–Crippen MR) is 138 cm³/mol. The Morgan fingerprint density at radius 1 is 0.485 bits per heavy atom. The summed E-state index contributed by atoms with van der Waals surface area (Å²) in [6, 6.07) is 36.3. The highest BCUT2D eigenvalue weighted by molar-refractivity contribution is 6.63. The van der Waals surface area contributed by atoms with Crippen molar-refractivity contribution in [3.8, 4) is 33.4 Å². The fourth-order valence-electron chi connectivity index (χ4n) is 4.31. The molecule has 0 saturated carbocycles. The second-order valence-electron chi connectivity index (χ2n) is 9.71. The molecule has 0 unspecified atom stereocenters. The lowest BCUT2D eigenvalue weighted by Gasteiger charge is -2.32. The van der Waals surface area contributed by atoms with Gasteiger partial charge in [-0.1, -0.05) is 84.9 Å². The van der Waals surface area contributed by atoms with Crippen molar-refractivity contribution in [2.24, 2.45) is 0 Å². The summed E-state index contributed by atoms with van der Waals surface area (Å²) in [4.78, 5) is 0. The fourth-order valence-corrected chi connectivity index (χ4v) is 4.31. The first-order valence-corrected chi connectivity index (χ1v) is 11.5. The zero-order chi connectivity index (χ0) is 23.1. The van der Waals surface area contributed by atoms with Crippen LogP contribution in [0.25, 0.3) is 33.4 Å². The van der Waals surface area contributed by atoms with Crippen molar-refractivity contribution < 1.29 is 9.31 Å². The van der Waals surface area contributed by atoms with Gasteiger partial charge in [0, 0.05) is 0 Å². The van der Waals surface area contributed by atoms with E-state index in [-0.39, 0.29) is 11.2 Å². The van der Waals surface area contributed by atoms with Gasteiger partial charge in [-0.2, -0.15) is 0 Å². The first-order chi connectivity index (χ1) is 15.8. The molecule has 5 rings (SSSR count). The molecule has 1 fully saturated rings. The van der Waals surface area contributed by atoms with Gasteiger partial charge in [0.15, 0.2) is 0 Å². The molecule has 4 aromatic rings. The van der Waals surface area contributed by atoms with Crippen LogP contribution in [0.4, 0.5) is 0 Å². The largest absolute Gasteiger partial charge is 0.495 e. The van der Waals surface area contributed by atoms with Crippen LogP contribution in [0.5, 0.6) is 0 Å². The van der Waals surface area contributed by atoms with Crippen LogP contribution >= 0.6 is 0 Å². The lowest BCUT2D eigenvalue weighted by atomic mass is 9.74. The first-order valence-electron chi connectivity index (χ1n) is 11.5. The van der Waals surface area contributed by atoms with Crippen molar-refractivity contribution in [1.82, 2.24) is 0 Å². The summed E-state index contributed by atoms with van der Waals surface area (Å²) < 4.78 is 12.8. The van der Waals surface area contributed by atoms with E-state index in [1.54, 1.807) is 0 Å². The van der Waals surface area contributed by atoms with E-state index < -0.39 is 7.12 Å². The first kappa shape index (κ1) is 21.7. The van der Waals surface area contributed by atoms with E-state index in [9.17, 15) is 0 Å². The van der Waals surface area contributed by atoms with E-state index in [4.69, 9.17) is 9.31 Å². The van der Waals surface area contributed by atoms with Crippen LogP contribution in [-0.2, 0) is 9.31 Å². The molecular formula is C30H29BO2. The molecule has 1 aliphatic rings. The summed E-state index contributed by atoms with van der Waals surface area (Å²) in [6.07, 6.45) is 0. The minimum absolute atomic E-state index is 0.383. The summed E-state index contributed by atoms with van der Waals surface area (Å²) in [5.74, 6) is 0. The molecule has 0 spiro atoms. The number of rotatable bonds is 4. The Balaban J connectivity index is 1.66. The normalized spacial score (nSPS) is 16.7. The summed E-state index contributed by atoms with van der Waals surface area (Å²) in [6.45, 7) is 8.39. The van der Waals surface area contributed by atoms with Crippen LogP contribution in [0.2, 0.25) is 0 Å². The van der Waals surface area contributed by atoms with Gasteiger partial charge in [0.25, 0.3) is 0 Å². The topological polar surface area (TPSA) is 18.5 Å². The molecule has 1 heterocycles.